The first-order valence-electron chi connectivity index (χ1n) is 3.68. The van der Waals surface area contributed by atoms with Gasteiger partial charge in [0.25, 0.3) is 0 Å². The third kappa shape index (κ3) is 1.98. The van der Waals surface area contributed by atoms with Crippen LogP contribution in [0.3, 0.4) is 0 Å². The monoisotopic (exact) mass is 169 g/mol. The van der Waals surface area contributed by atoms with Crippen LogP contribution in [0.15, 0.2) is 17.3 Å². The fraction of sp³-hybridized carbons (Fsp3) is 0.714. The van der Waals surface area contributed by atoms with Crippen LogP contribution in [0.25, 0.3) is 10.4 Å². The van der Waals surface area contributed by atoms with E-state index < -0.39 is 0 Å². The maximum absolute atomic E-state index is 8.20. The van der Waals surface area contributed by atoms with Crippen molar-refractivity contribution in [3.63, 3.8) is 0 Å². The predicted octanol–water partition coefficient (Wildman–Crippen LogP) is 1.61. The normalized spacial score (nSPS) is 34.3. The molecule has 0 fully saturated rings. The number of hydrogen-bond donors (Lipinski definition) is 0. The maximum Gasteiger partial charge on any atom is 0.176 e. The van der Waals surface area contributed by atoms with Crippen molar-refractivity contribution < 1.29 is 9.47 Å². The van der Waals surface area contributed by atoms with Gasteiger partial charge in [0.15, 0.2) is 6.29 Å². The van der Waals surface area contributed by atoms with Crippen molar-refractivity contribution >= 4 is 0 Å². The second-order valence-corrected chi connectivity index (χ2v) is 2.53. The van der Waals surface area contributed by atoms with Crippen molar-refractivity contribution in [1.29, 1.82) is 0 Å². The lowest BCUT2D eigenvalue weighted by Gasteiger charge is -2.26. The number of azide groups is 1. The van der Waals surface area contributed by atoms with Crippen LogP contribution in [0, 0.1) is 0 Å². The molecule has 1 aliphatic rings. The van der Waals surface area contributed by atoms with Crippen molar-refractivity contribution in [2.24, 2.45) is 5.11 Å². The highest BCUT2D eigenvalue weighted by Crippen LogP contribution is 2.15. The van der Waals surface area contributed by atoms with Gasteiger partial charge in [-0.25, -0.2) is 0 Å². The molecule has 0 saturated heterocycles. The summed E-state index contributed by atoms with van der Waals surface area (Å²) in [6.07, 6.45) is 3.09. The molecule has 1 heterocycles. The molecule has 0 aliphatic carbocycles. The third-order valence-electron chi connectivity index (χ3n) is 1.71. The van der Waals surface area contributed by atoms with Crippen LogP contribution in [-0.4, -0.2) is 25.5 Å². The zero-order chi connectivity index (χ0) is 8.97. The number of ether oxygens (including phenoxy) is 2. The quantitative estimate of drug-likeness (QED) is 0.273. The number of nitrogens with zero attached hydrogens (tertiary/aromatic N) is 3. The standard InChI is InChI=1S/C7H11N3O2/c1-5-6(9-10-8)3-4-7(11-2)12-5/h3-7H,1-2H3/t5-,6+,7+/m1/s1. The van der Waals surface area contributed by atoms with E-state index in [9.17, 15) is 0 Å². The summed E-state index contributed by atoms with van der Waals surface area (Å²) in [6, 6.07) is -0.221. The average Bonchev–Trinajstić information content (AvgIpc) is 2.09. The Kier molecular flexibility index (Phi) is 3.10. The summed E-state index contributed by atoms with van der Waals surface area (Å²) in [5.41, 5.74) is 8.20. The summed E-state index contributed by atoms with van der Waals surface area (Å²) < 4.78 is 10.3. The van der Waals surface area contributed by atoms with Gasteiger partial charge in [0, 0.05) is 12.0 Å². The molecule has 1 rings (SSSR count). The van der Waals surface area contributed by atoms with Gasteiger partial charge < -0.3 is 9.47 Å². The molecule has 5 heteroatoms. The van der Waals surface area contributed by atoms with Gasteiger partial charge in [-0.15, -0.1) is 0 Å². The molecule has 0 spiro atoms. The molecule has 5 nitrogen and oxygen atoms in total. The molecular formula is C7H11N3O2. The largest absolute Gasteiger partial charge is 0.352 e. The summed E-state index contributed by atoms with van der Waals surface area (Å²) in [6.45, 7) is 1.84. The van der Waals surface area contributed by atoms with Crippen LogP contribution in [-0.2, 0) is 9.47 Å². The van der Waals surface area contributed by atoms with E-state index in [4.69, 9.17) is 15.0 Å². The Morgan fingerprint density at radius 1 is 1.58 bits per heavy atom. The molecule has 3 atom stereocenters. The van der Waals surface area contributed by atoms with Gasteiger partial charge in [0.05, 0.1) is 12.1 Å². The summed E-state index contributed by atoms with van der Waals surface area (Å²) >= 11 is 0. The Labute approximate surface area is 70.6 Å². The van der Waals surface area contributed by atoms with Gasteiger partial charge in [0.2, 0.25) is 0 Å². The summed E-state index contributed by atoms with van der Waals surface area (Å²) in [5.74, 6) is 0. The molecule has 0 radical (unpaired) electrons. The summed E-state index contributed by atoms with van der Waals surface area (Å²) in [5, 5.41) is 3.55. The molecule has 0 aromatic carbocycles. The van der Waals surface area contributed by atoms with Crippen molar-refractivity contribution in [2.75, 3.05) is 7.11 Å². The molecule has 0 bridgehead atoms. The fourth-order valence-electron chi connectivity index (χ4n) is 1.02. The molecule has 12 heavy (non-hydrogen) atoms. The Morgan fingerprint density at radius 2 is 2.33 bits per heavy atom. The molecule has 66 valence electrons. The van der Waals surface area contributed by atoms with E-state index in [0.29, 0.717) is 0 Å². The number of hydrogen-bond acceptors (Lipinski definition) is 3. The summed E-state index contributed by atoms with van der Waals surface area (Å²) in [7, 11) is 1.57. The minimum atomic E-state index is -0.315. The van der Waals surface area contributed by atoms with Crippen LogP contribution < -0.4 is 0 Å². The molecule has 1 aliphatic heterocycles. The molecule has 0 unspecified atom stereocenters. The second kappa shape index (κ2) is 4.11. The van der Waals surface area contributed by atoms with Gasteiger partial charge >= 0.3 is 0 Å². The zero-order valence-corrected chi connectivity index (χ0v) is 7.04. The van der Waals surface area contributed by atoms with Crippen molar-refractivity contribution in [3.05, 3.63) is 22.6 Å². The fourth-order valence-corrected chi connectivity index (χ4v) is 1.02. The second-order valence-electron chi connectivity index (χ2n) is 2.53. The lowest BCUT2D eigenvalue weighted by Crippen LogP contribution is -2.32. The van der Waals surface area contributed by atoms with E-state index >= 15 is 0 Å². The minimum absolute atomic E-state index is 0.129. The van der Waals surface area contributed by atoms with Gasteiger partial charge in [-0.3, -0.25) is 0 Å². The first kappa shape index (κ1) is 9.06. The topological polar surface area (TPSA) is 67.2 Å². The maximum atomic E-state index is 8.20. The van der Waals surface area contributed by atoms with Crippen molar-refractivity contribution in [3.8, 4) is 0 Å². The lowest BCUT2D eigenvalue weighted by molar-refractivity contribution is -0.130. The zero-order valence-electron chi connectivity index (χ0n) is 7.04. The molecular weight excluding hydrogens is 158 g/mol. The van der Waals surface area contributed by atoms with Crippen LogP contribution in [0.1, 0.15) is 6.92 Å². The highest BCUT2D eigenvalue weighted by Gasteiger charge is 2.21. The van der Waals surface area contributed by atoms with E-state index in [0.717, 1.165) is 0 Å². The average molecular weight is 169 g/mol. The number of methoxy groups -OCH3 is 1. The Bertz CT molecular complexity index is 223. The van der Waals surface area contributed by atoms with Crippen molar-refractivity contribution in [2.45, 2.75) is 25.4 Å². The van der Waals surface area contributed by atoms with E-state index in [1.807, 2.05) is 6.92 Å². The molecule has 0 aromatic heterocycles. The van der Waals surface area contributed by atoms with Crippen LogP contribution >= 0.6 is 0 Å². The Morgan fingerprint density at radius 3 is 2.83 bits per heavy atom. The van der Waals surface area contributed by atoms with Gasteiger partial charge in [-0.05, 0) is 18.5 Å². The molecule has 0 amide bonds. The van der Waals surface area contributed by atoms with E-state index in [-0.39, 0.29) is 18.4 Å². The van der Waals surface area contributed by atoms with E-state index in [1.54, 1.807) is 19.3 Å². The molecule has 0 aromatic rings. The number of rotatable bonds is 2. The lowest BCUT2D eigenvalue weighted by atomic mass is 10.1. The first-order chi connectivity index (χ1) is 5.77. The van der Waals surface area contributed by atoms with Gasteiger partial charge in [0.1, 0.15) is 0 Å². The smallest absolute Gasteiger partial charge is 0.176 e. The van der Waals surface area contributed by atoms with Crippen LogP contribution in [0.2, 0.25) is 0 Å². The molecule has 0 N–H and O–H groups in total. The van der Waals surface area contributed by atoms with Gasteiger partial charge in [-0.2, -0.15) is 0 Å². The SMILES string of the molecule is CO[C@@H]1C=C[C@H](N=[N+]=[N-])[C@@H](C)O1. The van der Waals surface area contributed by atoms with E-state index in [2.05, 4.69) is 10.0 Å². The van der Waals surface area contributed by atoms with Crippen LogP contribution in [0.4, 0.5) is 0 Å². The van der Waals surface area contributed by atoms with Crippen LogP contribution in [0.5, 0.6) is 0 Å². The minimum Gasteiger partial charge on any atom is -0.352 e. The first-order valence-corrected chi connectivity index (χ1v) is 3.68. The Balaban J connectivity index is 2.64. The van der Waals surface area contributed by atoms with Crippen molar-refractivity contribution in [1.82, 2.24) is 0 Å². The highest BCUT2D eigenvalue weighted by molar-refractivity contribution is 5.02. The summed E-state index contributed by atoms with van der Waals surface area (Å²) in [4.78, 5) is 2.71. The van der Waals surface area contributed by atoms with E-state index in [1.165, 1.54) is 0 Å². The van der Waals surface area contributed by atoms with Gasteiger partial charge in [-0.1, -0.05) is 11.2 Å². The Hall–Kier alpha value is -1.03. The molecule has 0 saturated carbocycles. The third-order valence-corrected chi connectivity index (χ3v) is 1.71. The highest BCUT2D eigenvalue weighted by atomic mass is 16.7. The predicted molar refractivity (Wildman–Crippen MR) is 43.4 cm³/mol.